The maximum Gasteiger partial charge on any atom is 0.226 e. The van der Waals surface area contributed by atoms with Gasteiger partial charge >= 0.3 is 0 Å². The fourth-order valence-electron chi connectivity index (χ4n) is 4.03. The summed E-state index contributed by atoms with van der Waals surface area (Å²) in [5.74, 6) is 1.75. The molecule has 0 unspecified atom stereocenters. The second-order valence-electron chi connectivity index (χ2n) is 6.81. The SMILES string of the molecule is CCCCc1nc(CN2CCC[C@H]2[C@H]2CCCN2C(C)=O)no1. The molecular formula is C17H28N4O2. The normalized spacial score (nSPS) is 25.4. The van der Waals surface area contributed by atoms with Gasteiger partial charge in [-0.15, -0.1) is 0 Å². The molecule has 3 heterocycles. The molecule has 1 aromatic heterocycles. The van der Waals surface area contributed by atoms with Crippen LogP contribution in [0.3, 0.4) is 0 Å². The van der Waals surface area contributed by atoms with Gasteiger partial charge in [-0.3, -0.25) is 9.69 Å². The zero-order chi connectivity index (χ0) is 16.2. The Kier molecular flexibility index (Phi) is 5.30. The number of hydrogen-bond acceptors (Lipinski definition) is 5. The Morgan fingerprint density at radius 3 is 2.83 bits per heavy atom. The number of hydrogen-bond donors (Lipinski definition) is 0. The smallest absolute Gasteiger partial charge is 0.226 e. The van der Waals surface area contributed by atoms with Gasteiger partial charge in [0, 0.05) is 32.0 Å². The van der Waals surface area contributed by atoms with Crippen LogP contribution in [0.5, 0.6) is 0 Å². The lowest BCUT2D eigenvalue weighted by atomic mass is 10.0. The number of carbonyl (C=O) groups is 1. The van der Waals surface area contributed by atoms with E-state index >= 15 is 0 Å². The Balaban J connectivity index is 1.62. The highest BCUT2D eigenvalue weighted by atomic mass is 16.5. The van der Waals surface area contributed by atoms with Crippen molar-refractivity contribution in [1.29, 1.82) is 0 Å². The van der Waals surface area contributed by atoms with Crippen molar-refractivity contribution >= 4 is 5.91 Å². The van der Waals surface area contributed by atoms with Crippen molar-refractivity contribution < 1.29 is 9.32 Å². The maximum absolute atomic E-state index is 11.8. The van der Waals surface area contributed by atoms with Gasteiger partial charge in [0.25, 0.3) is 0 Å². The third-order valence-electron chi connectivity index (χ3n) is 5.16. The summed E-state index contributed by atoms with van der Waals surface area (Å²) >= 11 is 0. The molecule has 0 N–H and O–H groups in total. The van der Waals surface area contributed by atoms with Crippen LogP contribution in [0.15, 0.2) is 4.52 Å². The minimum absolute atomic E-state index is 0.209. The fraction of sp³-hybridized carbons (Fsp3) is 0.824. The van der Waals surface area contributed by atoms with E-state index in [0.29, 0.717) is 12.1 Å². The highest BCUT2D eigenvalue weighted by molar-refractivity contribution is 5.74. The highest BCUT2D eigenvalue weighted by Crippen LogP contribution is 2.30. The van der Waals surface area contributed by atoms with Crippen molar-refractivity contribution in [3.05, 3.63) is 11.7 Å². The first-order valence-electron chi connectivity index (χ1n) is 9.01. The van der Waals surface area contributed by atoms with Gasteiger partial charge in [-0.1, -0.05) is 18.5 Å². The second kappa shape index (κ2) is 7.43. The van der Waals surface area contributed by atoms with E-state index in [9.17, 15) is 4.79 Å². The summed E-state index contributed by atoms with van der Waals surface area (Å²) < 4.78 is 5.34. The topological polar surface area (TPSA) is 62.5 Å². The summed E-state index contributed by atoms with van der Waals surface area (Å²) in [7, 11) is 0. The van der Waals surface area contributed by atoms with Gasteiger partial charge in [0.2, 0.25) is 11.8 Å². The lowest BCUT2D eigenvalue weighted by Gasteiger charge is -2.34. The number of likely N-dealkylation sites (tertiary alicyclic amines) is 2. The predicted molar refractivity (Wildman–Crippen MR) is 86.8 cm³/mol. The van der Waals surface area contributed by atoms with Crippen molar-refractivity contribution in [2.45, 2.75) is 77.4 Å². The van der Waals surface area contributed by atoms with E-state index in [2.05, 4.69) is 26.9 Å². The molecule has 1 amide bonds. The molecule has 0 bridgehead atoms. The average molecular weight is 320 g/mol. The van der Waals surface area contributed by atoms with E-state index in [-0.39, 0.29) is 5.91 Å². The van der Waals surface area contributed by atoms with Crippen LogP contribution in [-0.4, -0.2) is 51.0 Å². The number of carbonyl (C=O) groups excluding carboxylic acids is 1. The molecule has 0 aliphatic carbocycles. The van der Waals surface area contributed by atoms with E-state index in [1.165, 1.54) is 6.42 Å². The van der Waals surface area contributed by atoms with Gasteiger partial charge < -0.3 is 9.42 Å². The van der Waals surface area contributed by atoms with Gasteiger partial charge in [0.15, 0.2) is 5.82 Å². The second-order valence-corrected chi connectivity index (χ2v) is 6.81. The maximum atomic E-state index is 11.8. The van der Waals surface area contributed by atoms with E-state index < -0.39 is 0 Å². The van der Waals surface area contributed by atoms with Gasteiger partial charge in [-0.25, -0.2) is 0 Å². The number of nitrogens with zero attached hydrogens (tertiary/aromatic N) is 4. The molecule has 128 valence electrons. The molecule has 1 aromatic rings. The zero-order valence-corrected chi connectivity index (χ0v) is 14.3. The standard InChI is InChI=1S/C17H28N4O2/c1-3-4-9-17-18-16(19-23-17)12-20-10-5-7-14(20)15-8-6-11-21(15)13(2)22/h14-15H,3-12H2,1-2H3/t14-,15+/m0/s1. The Bertz CT molecular complexity index is 530. The minimum Gasteiger partial charge on any atom is -0.339 e. The van der Waals surface area contributed by atoms with E-state index in [1.807, 2.05) is 0 Å². The molecule has 6 heteroatoms. The summed E-state index contributed by atoms with van der Waals surface area (Å²) in [5, 5.41) is 4.14. The van der Waals surface area contributed by atoms with Crippen molar-refractivity contribution in [2.75, 3.05) is 13.1 Å². The van der Waals surface area contributed by atoms with Crippen LogP contribution in [-0.2, 0) is 17.8 Å². The summed E-state index contributed by atoms with van der Waals surface area (Å²) in [6.07, 6.45) is 7.68. The van der Waals surface area contributed by atoms with Crippen molar-refractivity contribution in [3.8, 4) is 0 Å². The van der Waals surface area contributed by atoms with Crippen molar-refractivity contribution in [3.63, 3.8) is 0 Å². The third kappa shape index (κ3) is 3.74. The molecule has 23 heavy (non-hydrogen) atoms. The molecule has 0 radical (unpaired) electrons. The Labute approximate surface area is 138 Å². The largest absolute Gasteiger partial charge is 0.339 e. The van der Waals surface area contributed by atoms with Crippen LogP contribution in [0.25, 0.3) is 0 Å². The Hall–Kier alpha value is -1.43. The van der Waals surface area contributed by atoms with Gasteiger partial charge in [0.1, 0.15) is 0 Å². The summed E-state index contributed by atoms with van der Waals surface area (Å²) in [6.45, 7) is 6.56. The first kappa shape index (κ1) is 16.4. The number of rotatable bonds is 6. The Morgan fingerprint density at radius 2 is 2.04 bits per heavy atom. The number of amides is 1. The number of aryl methyl sites for hydroxylation is 1. The van der Waals surface area contributed by atoms with Gasteiger partial charge in [-0.05, 0) is 38.6 Å². The summed E-state index contributed by atoms with van der Waals surface area (Å²) in [6, 6.07) is 0.806. The van der Waals surface area contributed by atoms with Crippen LogP contribution in [0.1, 0.15) is 64.1 Å². The molecule has 0 aromatic carbocycles. The lowest BCUT2D eigenvalue weighted by molar-refractivity contribution is -0.130. The average Bonchev–Trinajstić information content (AvgIpc) is 3.25. The van der Waals surface area contributed by atoms with Crippen LogP contribution < -0.4 is 0 Å². The number of aromatic nitrogens is 2. The van der Waals surface area contributed by atoms with Crippen LogP contribution in [0.2, 0.25) is 0 Å². The summed E-state index contributed by atoms with van der Waals surface area (Å²) in [5.41, 5.74) is 0. The summed E-state index contributed by atoms with van der Waals surface area (Å²) in [4.78, 5) is 20.9. The minimum atomic E-state index is 0.209. The number of unbranched alkanes of at least 4 members (excludes halogenated alkanes) is 1. The predicted octanol–water partition coefficient (Wildman–Crippen LogP) is 2.39. The highest BCUT2D eigenvalue weighted by Gasteiger charge is 2.39. The van der Waals surface area contributed by atoms with E-state index in [0.717, 1.165) is 69.9 Å². The molecule has 3 rings (SSSR count). The molecule has 2 saturated heterocycles. The molecular weight excluding hydrogens is 292 g/mol. The fourth-order valence-corrected chi connectivity index (χ4v) is 4.03. The van der Waals surface area contributed by atoms with Gasteiger partial charge in [-0.2, -0.15) is 4.98 Å². The molecule has 6 nitrogen and oxygen atoms in total. The van der Waals surface area contributed by atoms with E-state index in [1.54, 1.807) is 6.92 Å². The molecule has 2 atom stereocenters. The third-order valence-corrected chi connectivity index (χ3v) is 5.16. The first-order valence-corrected chi connectivity index (χ1v) is 9.01. The quantitative estimate of drug-likeness (QED) is 0.805. The monoisotopic (exact) mass is 320 g/mol. The molecule has 2 aliphatic rings. The van der Waals surface area contributed by atoms with Crippen LogP contribution in [0.4, 0.5) is 0 Å². The van der Waals surface area contributed by atoms with Crippen molar-refractivity contribution in [2.24, 2.45) is 0 Å². The van der Waals surface area contributed by atoms with E-state index in [4.69, 9.17) is 4.52 Å². The van der Waals surface area contributed by atoms with Crippen LogP contribution in [0, 0.1) is 0 Å². The molecule has 0 spiro atoms. The Morgan fingerprint density at radius 1 is 1.26 bits per heavy atom. The molecule has 2 aliphatic heterocycles. The molecule has 0 saturated carbocycles. The van der Waals surface area contributed by atoms with Crippen molar-refractivity contribution in [1.82, 2.24) is 19.9 Å². The van der Waals surface area contributed by atoms with Crippen LogP contribution >= 0.6 is 0 Å². The lowest BCUT2D eigenvalue weighted by Crippen LogP contribution is -2.47. The van der Waals surface area contributed by atoms with Gasteiger partial charge in [0.05, 0.1) is 6.54 Å². The first-order chi connectivity index (χ1) is 11.2. The zero-order valence-electron chi connectivity index (χ0n) is 14.3. The molecule has 2 fully saturated rings.